The lowest BCUT2D eigenvalue weighted by molar-refractivity contribution is -0.156. The molecule has 5 rings (SSSR count). The van der Waals surface area contributed by atoms with E-state index in [0.717, 1.165) is 27.8 Å². The van der Waals surface area contributed by atoms with Gasteiger partial charge in [-0.2, -0.15) is 0 Å². The number of ether oxygens (including phenoxy) is 3. The number of rotatable bonds is 10. The number of carbonyl (C=O) groups excluding carboxylic acids is 5. The van der Waals surface area contributed by atoms with Crippen molar-refractivity contribution in [2.75, 3.05) is 0 Å². The Morgan fingerprint density at radius 3 is 2.04 bits per heavy atom. The summed E-state index contributed by atoms with van der Waals surface area (Å²) >= 11 is 0. The first-order chi connectivity index (χ1) is 22.9. The van der Waals surface area contributed by atoms with Gasteiger partial charge in [-0.25, -0.2) is 4.79 Å². The van der Waals surface area contributed by atoms with E-state index in [1.54, 1.807) is 53.7 Å². The van der Waals surface area contributed by atoms with Crippen LogP contribution in [0, 0.1) is 5.92 Å². The maximum atomic E-state index is 13.4. The third-order valence-corrected chi connectivity index (χ3v) is 8.78. The van der Waals surface area contributed by atoms with E-state index in [-0.39, 0.29) is 49.1 Å². The molecule has 2 aromatic carbocycles. The summed E-state index contributed by atoms with van der Waals surface area (Å²) in [6, 6.07) is 11.2. The molecular weight excluding hydrogens is 624 g/mol. The van der Waals surface area contributed by atoms with E-state index in [2.05, 4.69) is 0 Å². The fourth-order valence-electron chi connectivity index (χ4n) is 6.86. The van der Waals surface area contributed by atoms with Crippen molar-refractivity contribution in [2.45, 2.75) is 109 Å². The van der Waals surface area contributed by atoms with Crippen LogP contribution in [0.1, 0.15) is 99.3 Å². The topological polar surface area (TPSA) is 165 Å². The van der Waals surface area contributed by atoms with E-state index in [0.29, 0.717) is 17.6 Å². The number of carbonyl (C=O) groups is 5. The average molecular weight is 671 g/mol. The summed E-state index contributed by atoms with van der Waals surface area (Å²) in [5.74, 6) is -2.54. The molecule has 10 heteroatoms. The van der Waals surface area contributed by atoms with E-state index in [4.69, 9.17) is 25.7 Å². The summed E-state index contributed by atoms with van der Waals surface area (Å²) in [6.45, 7) is 10.5. The molecule has 3 aliphatic rings. The number of hydrogen-bond donors (Lipinski definition) is 2. The smallest absolute Gasteiger partial charge is 0.339 e. The predicted octanol–water partition coefficient (Wildman–Crippen LogP) is 4.59. The molecule has 0 amide bonds. The number of fused-ring (bicyclic) bond motifs is 4. The van der Waals surface area contributed by atoms with E-state index in [1.165, 1.54) is 0 Å². The van der Waals surface area contributed by atoms with E-state index in [9.17, 15) is 24.0 Å². The van der Waals surface area contributed by atoms with Crippen molar-refractivity contribution in [2.24, 2.45) is 17.4 Å². The number of benzene rings is 2. The first-order valence-corrected chi connectivity index (χ1v) is 16.7. The minimum absolute atomic E-state index is 0.0389. The summed E-state index contributed by atoms with van der Waals surface area (Å²) in [7, 11) is 0. The van der Waals surface area contributed by atoms with Crippen LogP contribution in [0.2, 0.25) is 0 Å². The number of hydrogen-bond acceptors (Lipinski definition) is 10. The lowest BCUT2D eigenvalue weighted by Gasteiger charge is -2.40. The van der Waals surface area contributed by atoms with E-state index in [1.807, 2.05) is 42.5 Å². The Bertz CT molecular complexity index is 1740. The van der Waals surface area contributed by atoms with Crippen LogP contribution in [-0.2, 0) is 46.2 Å². The Morgan fingerprint density at radius 1 is 0.837 bits per heavy atom. The molecule has 10 nitrogen and oxygen atoms in total. The second-order valence-electron chi connectivity index (χ2n) is 15.2. The quantitative estimate of drug-likeness (QED) is 0.270. The fraction of sp³-hybridized carbons (Fsp3) is 0.462. The second-order valence-corrected chi connectivity index (χ2v) is 15.2. The van der Waals surface area contributed by atoms with Crippen LogP contribution in [0.15, 0.2) is 65.8 Å². The largest absolute Gasteiger partial charge is 0.460 e. The molecule has 3 unspecified atom stereocenters. The molecule has 0 radical (unpaired) electrons. The molecule has 49 heavy (non-hydrogen) atoms. The molecule has 2 aromatic rings. The van der Waals surface area contributed by atoms with Crippen molar-refractivity contribution in [3.63, 3.8) is 0 Å². The van der Waals surface area contributed by atoms with Crippen molar-refractivity contribution >= 4 is 29.5 Å². The Hall–Kier alpha value is -4.41. The van der Waals surface area contributed by atoms with Crippen molar-refractivity contribution in [3.05, 3.63) is 93.6 Å². The average Bonchev–Trinajstić information content (AvgIpc) is 3.09. The van der Waals surface area contributed by atoms with Crippen LogP contribution in [0.3, 0.4) is 0 Å². The van der Waals surface area contributed by atoms with Gasteiger partial charge in [0, 0.05) is 24.7 Å². The van der Waals surface area contributed by atoms with Crippen molar-refractivity contribution in [1.82, 2.24) is 0 Å². The van der Waals surface area contributed by atoms with Crippen LogP contribution in [0.5, 0.6) is 0 Å². The maximum absolute atomic E-state index is 13.4. The molecule has 0 spiro atoms. The van der Waals surface area contributed by atoms with Gasteiger partial charge >= 0.3 is 17.9 Å². The molecule has 0 fully saturated rings. The Morgan fingerprint density at radius 2 is 1.43 bits per heavy atom. The molecule has 2 aliphatic carbocycles. The van der Waals surface area contributed by atoms with Gasteiger partial charge in [0.1, 0.15) is 17.3 Å². The molecule has 0 saturated heterocycles. The van der Waals surface area contributed by atoms with Crippen LogP contribution >= 0.6 is 0 Å². The van der Waals surface area contributed by atoms with Gasteiger partial charge in [-0.3, -0.25) is 19.2 Å². The van der Waals surface area contributed by atoms with Crippen LogP contribution < -0.4 is 11.5 Å². The van der Waals surface area contributed by atoms with Gasteiger partial charge in [0.25, 0.3) is 0 Å². The number of allylic oxidation sites excluding steroid dienone is 2. The van der Waals surface area contributed by atoms with Crippen molar-refractivity contribution < 1.29 is 38.2 Å². The van der Waals surface area contributed by atoms with E-state index >= 15 is 0 Å². The van der Waals surface area contributed by atoms with Gasteiger partial charge < -0.3 is 25.7 Å². The Balaban J connectivity index is 1.42. The van der Waals surface area contributed by atoms with Gasteiger partial charge in [-0.05, 0) is 87.9 Å². The van der Waals surface area contributed by atoms with Crippen LogP contribution in [0.4, 0.5) is 0 Å². The van der Waals surface area contributed by atoms with Gasteiger partial charge in [0.15, 0.2) is 11.6 Å². The highest BCUT2D eigenvalue weighted by molar-refractivity contribution is 5.93. The normalized spacial score (nSPS) is 20.9. The first-order valence-electron chi connectivity index (χ1n) is 16.7. The minimum Gasteiger partial charge on any atom is -0.460 e. The summed E-state index contributed by atoms with van der Waals surface area (Å²) in [4.78, 5) is 64.4. The minimum atomic E-state index is -1.05. The van der Waals surface area contributed by atoms with Crippen molar-refractivity contribution in [1.29, 1.82) is 0 Å². The molecule has 5 atom stereocenters. The van der Waals surface area contributed by atoms with Gasteiger partial charge in [0.2, 0.25) is 0 Å². The molecule has 260 valence electrons. The highest BCUT2D eigenvalue weighted by atomic mass is 16.6. The summed E-state index contributed by atoms with van der Waals surface area (Å²) in [6.07, 6.45) is 3.24. The number of ketones is 2. The molecule has 0 aromatic heterocycles. The highest BCUT2D eigenvalue weighted by Gasteiger charge is 2.45. The molecule has 1 aliphatic heterocycles. The first kappa shape index (κ1) is 35.9. The Kier molecular flexibility index (Phi) is 10.1. The molecule has 0 saturated carbocycles. The predicted molar refractivity (Wildman–Crippen MR) is 183 cm³/mol. The van der Waals surface area contributed by atoms with Gasteiger partial charge in [-0.1, -0.05) is 48.0 Å². The monoisotopic (exact) mass is 670 g/mol. The fourth-order valence-corrected chi connectivity index (χ4v) is 6.86. The third-order valence-electron chi connectivity index (χ3n) is 8.78. The van der Waals surface area contributed by atoms with Crippen molar-refractivity contribution in [3.8, 4) is 0 Å². The Labute approximate surface area is 287 Å². The summed E-state index contributed by atoms with van der Waals surface area (Å²) in [5.41, 5.74) is 16.6. The number of esters is 3. The molecule has 1 heterocycles. The van der Waals surface area contributed by atoms with Crippen LogP contribution in [0.25, 0.3) is 0 Å². The lowest BCUT2D eigenvalue weighted by Crippen LogP contribution is -2.37. The standard InChI is InChI=1S/C39H46N2O8/c1-38(2,3)48-33(44)19-28(40)30(42)15-21-11-12-25-23(13-21)18-24-14-22(16-31(43)29(41)20-34(45)49-39(4,5)6)17-32-35(24)36(25)26-9-7-8-10-27(26)37(46)47-32/h7-14,17,28-29,32,35-36H,15-16,18-20,40-41H2,1-6H3/t28-,29-,32?,35?,36?/m0/s1. The number of nitrogens with two attached hydrogens (primary N) is 2. The third kappa shape index (κ3) is 8.61. The number of Topliss-reactive ketones (excluding diaryl/α,β-unsaturated/α-hetero) is 2. The second kappa shape index (κ2) is 13.8. The summed E-state index contributed by atoms with van der Waals surface area (Å²) in [5, 5.41) is 0. The van der Waals surface area contributed by atoms with E-state index < -0.39 is 47.3 Å². The zero-order valence-corrected chi connectivity index (χ0v) is 29.0. The van der Waals surface area contributed by atoms with Gasteiger partial charge in [-0.15, -0.1) is 0 Å². The van der Waals surface area contributed by atoms with Gasteiger partial charge in [0.05, 0.1) is 30.5 Å². The zero-order valence-electron chi connectivity index (χ0n) is 29.0. The lowest BCUT2D eigenvalue weighted by atomic mass is 9.64. The molecular formula is C39H46N2O8. The summed E-state index contributed by atoms with van der Waals surface area (Å²) < 4.78 is 16.8. The van der Waals surface area contributed by atoms with Crippen LogP contribution in [-0.4, -0.2) is 58.9 Å². The molecule has 4 N–H and O–H groups in total. The zero-order chi connectivity index (χ0) is 35.8. The molecule has 0 bridgehead atoms. The SMILES string of the molecule is CC(C)(C)OC(=O)C[C@H](N)C(=O)CC1=CC2OC(=O)c3ccccc3C3c4ccc(CC(=O)[C@@H](N)CC(=O)OC(C)(C)C)cc4CC(=C1)C23. The maximum Gasteiger partial charge on any atom is 0.339 e. The highest BCUT2D eigenvalue weighted by Crippen LogP contribution is 2.51.